The van der Waals surface area contributed by atoms with Gasteiger partial charge in [0.15, 0.2) is 15.0 Å². The lowest BCUT2D eigenvalue weighted by molar-refractivity contribution is -0.135. The van der Waals surface area contributed by atoms with Crippen LogP contribution in [0.15, 0.2) is 23.1 Å². The molecule has 10 heteroatoms. The molecule has 1 aromatic heterocycles. The number of nitrogens with one attached hydrogen (secondary N) is 1. The fourth-order valence-electron chi connectivity index (χ4n) is 3.39. The van der Waals surface area contributed by atoms with Gasteiger partial charge < -0.3 is 10.2 Å². The number of aromatic nitrogens is 1. The number of nitrogens with zero attached hydrogens (tertiary/aromatic N) is 2. The smallest absolute Gasteiger partial charge is 0.249 e. The van der Waals surface area contributed by atoms with Crippen LogP contribution in [-0.2, 0) is 19.4 Å². The van der Waals surface area contributed by atoms with Crippen molar-refractivity contribution < 1.29 is 18.0 Å². The van der Waals surface area contributed by atoms with Crippen molar-refractivity contribution in [3.63, 3.8) is 0 Å². The fraction of sp³-hybridized carbons (Fsp3) is 0.438. The highest BCUT2D eigenvalue weighted by Crippen LogP contribution is 2.47. The quantitative estimate of drug-likeness (QED) is 0.831. The molecule has 2 amide bonds. The first-order valence-electron chi connectivity index (χ1n) is 8.05. The summed E-state index contributed by atoms with van der Waals surface area (Å²) in [6.07, 6.45) is 2.39. The number of thiazole rings is 1. The van der Waals surface area contributed by atoms with Crippen molar-refractivity contribution in [2.75, 3.05) is 17.3 Å². The van der Waals surface area contributed by atoms with Gasteiger partial charge in [-0.05, 0) is 31.5 Å². The second kappa shape index (κ2) is 5.93. The predicted octanol–water partition coefficient (Wildman–Crippen LogP) is 2.09. The molecular weight excluding hydrogens is 394 g/mol. The Labute approximate surface area is 159 Å². The molecule has 2 atom stereocenters. The Kier molecular flexibility index (Phi) is 4.05. The highest BCUT2D eigenvalue weighted by molar-refractivity contribution is 8.01. The van der Waals surface area contributed by atoms with E-state index in [0.717, 1.165) is 12.7 Å². The number of hydrogen-bond acceptors (Lipinski definition) is 7. The van der Waals surface area contributed by atoms with E-state index in [9.17, 15) is 18.0 Å². The standard InChI is InChI=1S/C16H17N3O4S3/c1-16-6-5-13(20)19(16)11(8-24-16)14(21)18-15-17-10-4-3-9(26(2,22)23)7-12(10)25-15/h3-4,7,11H,5-6,8H2,1-2H3,(H,17,18,21)/t11-,16-/m1/s1. The van der Waals surface area contributed by atoms with Gasteiger partial charge >= 0.3 is 0 Å². The molecule has 2 aliphatic heterocycles. The molecule has 1 N–H and O–H groups in total. The maximum Gasteiger partial charge on any atom is 0.249 e. The average Bonchev–Trinajstić information content (AvgIpc) is 3.19. The summed E-state index contributed by atoms with van der Waals surface area (Å²) in [5.74, 6) is 0.329. The van der Waals surface area contributed by atoms with Crippen LogP contribution in [0.25, 0.3) is 10.2 Å². The van der Waals surface area contributed by atoms with Crippen LogP contribution >= 0.6 is 23.1 Å². The van der Waals surface area contributed by atoms with E-state index in [0.29, 0.717) is 27.5 Å². The molecule has 2 fully saturated rings. The first kappa shape index (κ1) is 17.7. The van der Waals surface area contributed by atoms with E-state index < -0.39 is 15.9 Å². The molecule has 2 saturated heterocycles. The molecule has 0 spiro atoms. The summed E-state index contributed by atoms with van der Waals surface area (Å²) in [5, 5.41) is 3.20. The van der Waals surface area contributed by atoms with Gasteiger partial charge in [-0.25, -0.2) is 13.4 Å². The highest BCUT2D eigenvalue weighted by Gasteiger charge is 2.52. The van der Waals surface area contributed by atoms with Crippen LogP contribution in [0, 0.1) is 0 Å². The van der Waals surface area contributed by atoms with Gasteiger partial charge in [0.1, 0.15) is 6.04 Å². The number of sulfone groups is 1. The van der Waals surface area contributed by atoms with Crippen LogP contribution < -0.4 is 5.32 Å². The largest absolute Gasteiger partial charge is 0.315 e. The normalized spacial score (nSPS) is 25.7. The molecule has 2 aliphatic rings. The van der Waals surface area contributed by atoms with E-state index in [-0.39, 0.29) is 21.6 Å². The number of thioether (sulfide) groups is 1. The second-order valence-corrected chi connectivity index (χ2v) is 11.2. The number of carbonyl (C=O) groups is 2. The van der Waals surface area contributed by atoms with Gasteiger partial charge in [0.2, 0.25) is 11.8 Å². The Morgan fingerprint density at radius 2 is 2.19 bits per heavy atom. The third kappa shape index (κ3) is 2.89. The molecule has 4 rings (SSSR count). The van der Waals surface area contributed by atoms with Gasteiger partial charge in [-0.2, -0.15) is 0 Å². The van der Waals surface area contributed by atoms with Crippen molar-refractivity contribution in [1.82, 2.24) is 9.88 Å². The van der Waals surface area contributed by atoms with Crippen LogP contribution in [0.5, 0.6) is 0 Å². The number of rotatable bonds is 3. The van der Waals surface area contributed by atoms with Crippen LogP contribution in [0.1, 0.15) is 19.8 Å². The van der Waals surface area contributed by atoms with Gasteiger partial charge in [0.25, 0.3) is 0 Å². The number of hydrogen-bond donors (Lipinski definition) is 1. The molecule has 2 aromatic rings. The summed E-state index contributed by atoms with van der Waals surface area (Å²) in [6, 6.07) is 4.19. The minimum atomic E-state index is -3.30. The molecule has 1 aromatic carbocycles. The van der Waals surface area contributed by atoms with Crippen molar-refractivity contribution in [2.45, 2.75) is 35.6 Å². The van der Waals surface area contributed by atoms with Crippen LogP contribution in [0.4, 0.5) is 5.13 Å². The molecule has 138 valence electrons. The Morgan fingerprint density at radius 3 is 2.92 bits per heavy atom. The van der Waals surface area contributed by atoms with E-state index in [4.69, 9.17) is 0 Å². The van der Waals surface area contributed by atoms with Crippen molar-refractivity contribution in [3.8, 4) is 0 Å². The maximum atomic E-state index is 12.7. The molecule has 26 heavy (non-hydrogen) atoms. The molecule has 0 aliphatic carbocycles. The highest BCUT2D eigenvalue weighted by atomic mass is 32.2. The maximum absolute atomic E-state index is 12.7. The topological polar surface area (TPSA) is 96.4 Å². The zero-order chi connectivity index (χ0) is 18.7. The zero-order valence-corrected chi connectivity index (χ0v) is 16.6. The number of benzene rings is 1. The van der Waals surface area contributed by atoms with E-state index in [1.165, 1.54) is 17.4 Å². The second-order valence-electron chi connectivity index (χ2n) is 6.68. The van der Waals surface area contributed by atoms with E-state index in [2.05, 4.69) is 10.3 Å². The lowest BCUT2D eigenvalue weighted by atomic mass is 10.2. The van der Waals surface area contributed by atoms with Gasteiger partial charge in [-0.3, -0.25) is 9.59 Å². The Hall–Kier alpha value is -1.65. The first-order valence-corrected chi connectivity index (χ1v) is 11.7. The third-order valence-electron chi connectivity index (χ3n) is 4.77. The molecule has 7 nitrogen and oxygen atoms in total. The minimum absolute atomic E-state index is 0.0137. The fourth-order valence-corrected chi connectivity index (χ4v) is 6.45. The van der Waals surface area contributed by atoms with Crippen LogP contribution in [0.2, 0.25) is 0 Å². The predicted molar refractivity (Wildman–Crippen MR) is 102 cm³/mol. The lowest BCUT2D eigenvalue weighted by Crippen LogP contribution is -2.48. The molecule has 0 radical (unpaired) electrons. The van der Waals surface area contributed by atoms with Gasteiger partial charge in [0.05, 0.1) is 20.0 Å². The molecular formula is C16H17N3O4S3. The summed E-state index contributed by atoms with van der Waals surface area (Å²) in [6.45, 7) is 2.00. The van der Waals surface area contributed by atoms with Gasteiger partial charge in [-0.1, -0.05) is 11.3 Å². The number of amides is 2. The number of carbonyl (C=O) groups excluding carboxylic acids is 2. The first-order chi connectivity index (χ1) is 12.2. The Balaban J connectivity index is 1.57. The molecule has 3 heterocycles. The minimum Gasteiger partial charge on any atom is -0.315 e. The Morgan fingerprint density at radius 1 is 1.42 bits per heavy atom. The monoisotopic (exact) mass is 411 g/mol. The lowest BCUT2D eigenvalue weighted by Gasteiger charge is -2.29. The van der Waals surface area contributed by atoms with Gasteiger partial charge in [-0.15, -0.1) is 11.8 Å². The van der Waals surface area contributed by atoms with Crippen LogP contribution in [-0.4, -0.2) is 53.0 Å². The third-order valence-corrected chi connectivity index (χ3v) is 8.31. The summed E-state index contributed by atoms with van der Waals surface area (Å²) in [5.41, 5.74) is 0.626. The zero-order valence-electron chi connectivity index (χ0n) is 14.2. The van der Waals surface area contributed by atoms with Crippen molar-refractivity contribution in [2.24, 2.45) is 0 Å². The van der Waals surface area contributed by atoms with Crippen molar-refractivity contribution in [1.29, 1.82) is 0 Å². The van der Waals surface area contributed by atoms with Crippen molar-refractivity contribution in [3.05, 3.63) is 18.2 Å². The van der Waals surface area contributed by atoms with Gasteiger partial charge in [0, 0.05) is 18.4 Å². The van der Waals surface area contributed by atoms with E-state index >= 15 is 0 Å². The van der Waals surface area contributed by atoms with Crippen LogP contribution in [0.3, 0.4) is 0 Å². The SMILES string of the molecule is C[C@@]12CCC(=O)N1[C@@H](C(=O)Nc1nc3ccc(S(C)(=O)=O)cc3s1)CS2. The summed E-state index contributed by atoms with van der Waals surface area (Å²) in [7, 11) is -3.30. The van der Waals surface area contributed by atoms with E-state index in [1.54, 1.807) is 28.8 Å². The summed E-state index contributed by atoms with van der Waals surface area (Å²) < 4.78 is 24.0. The number of anilines is 1. The van der Waals surface area contributed by atoms with Crippen molar-refractivity contribution >= 4 is 60.1 Å². The number of fused-ring (bicyclic) bond motifs is 2. The average molecular weight is 412 g/mol. The van der Waals surface area contributed by atoms with E-state index in [1.807, 2.05) is 6.92 Å². The summed E-state index contributed by atoms with van der Waals surface area (Å²) in [4.78, 5) is 30.8. The summed E-state index contributed by atoms with van der Waals surface area (Å²) >= 11 is 2.86. The Bertz CT molecular complexity index is 1030. The molecule has 0 unspecified atom stereocenters. The molecule has 0 saturated carbocycles. The molecule has 0 bridgehead atoms.